The molecular weight excluding hydrogens is 389 g/mol. The maximum atomic E-state index is 13.1. The highest BCUT2D eigenvalue weighted by molar-refractivity contribution is 8.01. The van der Waals surface area contributed by atoms with Gasteiger partial charge in [0.15, 0.2) is 0 Å². The van der Waals surface area contributed by atoms with E-state index in [9.17, 15) is 14.0 Å². The SMILES string of the molecule is O=C1Nc2ccccc2CCC1SCC(=O)N1CCN(c2ccc(F)cc2)CC1. The minimum Gasteiger partial charge on any atom is -0.368 e. The van der Waals surface area contributed by atoms with Crippen LogP contribution in [0.15, 0.2) is 48.5 Å². The van der Waals surface area contributed by atoms with Crippen molar-refractivity contribution in [3.63, 3.8) is 0 Å². The number of nitrogens with zero attached hydrogens (tertiary/aromatic N) is 2. The molecule has 2 aromatic rings. The molecule has 0 aliphatic carbocycles. The first-order valence-electron chi connectivity index (χ1n) is 9.89. The topological polar surface area (TPSA) is 52.7 Å². The Morgan fingerprint density at radius 2 is 1.79 bits per heavy atom. The van der Waals surface area contributed by atoms with Gasteiger partial charge in [0.1, 0.15) is 5.82 Å². The van der Waals surface area contributed by atoms with Crippen LogP contribution in [0.3, 0.4) is 0 Å². The van der Waals surface area contributed by atoms with Gasteiger partial charge >= 0.3 is 0 Å². The summed E-state index contributed by atoms with van der Waals surface area (Å²) in [5, 5.41) is 2.77. The molecule has 0 radical (unpaired) electrons. The van der Waals surface area contributed by atoms with Gasteiger partial charge < -0.3 is 15.1 Å². The molecule has 2 aliphatic heterocycles. The lowest BCUT2D eigenvalue weighted by Crippen LogP contribution is -2.49. The van der Waals surface area contributed by atoms with Crippen LogP contribution in [0.5, 0.6) is 0 Å². The summed E-state index contributed by atoms with van der Waals surface area (Å²) in [6.45, 7) is 2.72. The Balaban J connectivity index is 1.26. The Kier molecular flexibility index (Phi) is 6.04. The van der Waals surface area contributed by atoms with Crippen LogP contribution < -0.4 is 10.2 Å². The van der Waals surface area contributed by atoms with Gasteiger partial charge in [-0.3, -0.25) is 9.59 Å². The number of amides is 2. The summed E-state index contributed by atoms with van der Waals surface area (Å²) < 4.78 is 13.1. The van der Waals surface area contributed by atoms with Gasteiger partial charge in [-0.1, -0.05) is 18.2 Å². The molecule has 29 heavy (non-hydrogen) atoms. The van der Waals surface area contributed by atoms with E-state index in [2.05, 4.69) is 10.2 Å². The third kappa shape index (κ3) is 4.72. The molecule has 1 N–H and O–H groups in total. The van der Waals surface area contributed by atoms with Crippen LogP contribution in [-0.2, 0) is 16.0 Å². The van der Waals surface area contributed by atoms with Crippen molar-refractivity contribution in [3.8, 4) is 0 Å². The number of hydrogen-bond acceptors (Lipinski definition) is 4. The molecule has 2 amide bonds. The second-order valence-electron chi connectivity index (χ2n) is 7.33. The average molecular weight is 414 g/mol. The zero-order chi connectivity index (χ0) is 20.2. The highest BCUT2D eigenvalue weighted by atomic mass is 32.2. The van der Waals surface area contributed by atoms with Crippen LogP contribution in [0.2, 0.25) is 0 Å². The van der Waals surface area contributed by atoms with Crippen LogP contribution >= 0.6 is 11.8 Å². The molecule has 1 saturated heterocycles. The monoisotopic (exact) mass is 413 g/mol. The average Bonchev–Trinajstić information content (AvgIpc) is 2.91. The molecule has 0 spiro atoms. The third-order valence-electron chi connectivity index (χ3n) is 5.48. The van der Waals surface area contributed by atoms with E-state index in [4.69, 9.17) is 0 Å². The molecule has 0 bridgehead atoms. The number of anilines is 2. The molecule has 2 heterocycles. The number of piperazine rings is 1. The number of carbonyl (C=O) groups excluding carboxylic acids is 2. The second kappa shape index (κ2) is 8.86. The number of aryl methyl sites for hydroxylation is 1. The normalized spacial score (nSPS) is 19.3. The van der Waals surface area contributed by atoms with E-state index in [-0.39, 0.29) is 22.9 Å². The Morgan fingerprint density at radius 1 is 1.07 bits per heavy atom. The first-order valence-corrected chi connectivity index (χ1v) is 10.9. The number of fused-ring (bicyclic) bond motifs is 1. The quantitative estimate of drug-likeness (QED) is 0.837. The lowest BCUT2D eigenvalue weighted by Gasteiger charge is -2.36. The van der Waals surface area contributed by atoms with Gasteiger partial charge in [0.05, 0.1) is 11.0 Å². The molecule has 5 nitrogen and oxygen atoms in total. The first-order chi connectivity index (χ1) is 14.1. The first kappa shape index (κ1) is 19.8. The van der Waals surface area contributed by atoms with Crippen molar-refractivity contribution in [2.45, 2.75) is 18.1 Å². The van der Waals surface area contributed by atoms with Gasteiger partial charge in [0, 0.05) is 37.6 Å². The maximum Gasteiger partial charge on any atom is 0.237 e. The van der Waals surface area contributed by atoms with Crippen LogP contribution in [0.4, 0.5) is 15.8 Å². The fourth-order valence-electron chi connectivity index (χ4n) is 3.78. The van der Waals surface area contributed by atoms with E-state index >= 15 is 0 Å². The molecule has 152 valence electrons. The lowest BCUT2D eigenvalue weighted by atomic mass is 10.1. The fourth-order valence-corrected chi connectivity index (χ4v) is 4.80. The van der Waals surface area contributed by atoms with Crippen LogP contribution in [0.1, 0.15) is 12.0 Å². The van der Waals surface area contributed by atoms with Crippen LogP contribution in [-0.4, -0.2) is 53.9 Å². The molecule has 0 aromatic heterocycles. The van der Waals surface area contributed by atoms with Crippen LogP contribution in [0.25, 0.3) is 0 Å². The molecule has 0 saturated carbocycles. The zero-order valence-corrected chi connectivity index (χ0v) is 17.0. The number of para-hydroxylation sites is 1. The smallest absolute Gasteiger partial charge is 0.237 e. The molecule has 1 atom stereocenters. The number of thioether (sulfide) groups is 1. The van der Waals surface area contributed by atoms with Gasteiger partial charge in [-0.25, -0.2) is 4.39 Å². The zero-order valence-electron chi connectivity index (χ0n) is 16.1. The summed E-state index contributed by atoms with van der Waals surface area (Å²) >= 11 is 1.43. The van der Waals surface area contributed by atoms with Crippen molar-refractivity contribution >= 4 is 35.0 Å². The van der Waals surface area contributed by atoms with Crippen molar-refractivity contribution in [3.05, 3.63) is 59.9 Å². The standard InChI is InChI=1S/C22H24FN3O2S/c23-17-6-8-18(9-7-17)25-11-13-26(14-12-25)21(27)15-29-20-10-5-16-3-1-2-4-19(16)24-22(20)28/h1-4,6-9,20H,5,10-15H2,(H,24,28). The Bertz CT molecular complexity index is 882. The summed E-state index contributed by atoms with van der Waals surface area (Å²) in [5.74, 6) is 0.118. The summed E-state index contributed by atoms with van der Waals surface area (Å²) in [6, 6.07) is 14.3. The molecule has 1 unspecified atom stereocenters. The maximum absolute atomic E-state index is 13.1. The summed E-state index contributed by atoms with van der Waals surface area (Å²) in [4.78, 5) is 29.2. The van der Waals surface area contributed by atoms with E-state index in [0.717, 1.165) is 42.9 Å². The fraction of sp³-hybridized carbons (Fsp3) is 0.364. The minimum absolute atomic E-state index is 0.0196. The highest BCUT2D eigenvalue weighted by Crippen LogP contribution is 2.27. The predicted octanol–water partition coefficient (Wildman–Crippen LogP) is 3.16. The number of carbonyl (C=O) groups is 2. The number of rotatable bonds is 4. The van der Waals surface area contributed by atoms with E-state index in [0.29, 0.717) is 18.8 Å². The Labute approximate surface area is 174 Å². The Morgan fingerprint density at radius 3 is 2.55 bits per heavy atom. The van der Waals surface area contributed by atoms with E-state index in [1.807, 2.05) is 29.2 Å². The highest BCUT2D eigenvalue weighted by Gasteiger charge is 2.27. The van der Waals surface area contributed by atoms with Crippen molar-refractivity contribution in [1.29, 1.82) is 0 Å². The molecule has 2 aromatic carbocycles. The van der Waals surface area contributed by atoms with Gasteiger partial charge in [-0.15, -0.1) is 11.8 Å². The number of hydrogen-bond donors (Lipinski definition) is 1. The van der Waals surface area contributed by atoms with Crippen molar-refractivity contribution in [2.75, 3.05) is 42.1 Å². The van der Waals surface area contributed by atoms with Gasteiger partial charge in [-0.2, -0.15) is 0 Å². The van der Waals surface area contributed by atoms with Crippen molar-refractivity contribution < 1.29 is 14.0 Å². The van der Waals surface area contributed by atoms with Gasteiger partial charge in [0.25, 0.3) is 0 Å². The van der Waals surface area contributed by atoms with Crippen molar-refractivity contribution in [1.82, 2.24) is 4.90 Å². The number of halogens is 1. The molecule has 4 rings (SSSR count). The predicted molar refractivity (Wildman–Crippen MR) is 115 cm³/mol. The number of nitrogens with one attached hydrogen (secondary N) is 1. The van der Waals surface area contributed by atoms with Gasteiger partial charge in [0.2, 0.25) is 11.8 Å². The summed E-state index contributed by atoms with van der Waals surface area (Å²) in [6.07, 6.45) is 1.57. The van der Waals surface area contributed by atoms with E-state index in [1.54, 1.807) is 12.1 Å². The molecule has 1 fully saturated rings. The largest absolute Gasteiger partial charge is 0.368 e. The second-order valence-corrected chi connectivity index (χ2v) is 8.52. The summed E-state index contributed by atoms with van der Waals surface area (Å²) in [5.41, 5.74) is 3.00. The minimum atomic E-state index is -0.245. The molecule has 2 aliphatic rings. The molecular formula is C22H24FN3O2S. The van der Waals surface area contributed by atoms with E-state index < -0.39 is 0 Å². The van der Waals surface area contributed by atoms with Crippen LogP contribution in [0, 0.1) is 5.82 Å². The van der Waals surface area contributed by atoms with Gasteiger partial charge in [-0.05, 0) is 48.7 Å². The lowest BCUT2D eigenvalue weighted by molar-refractivity contribution is -0.128. The number of benzene rings is 2. The molecule has 7 heteroatoms. The van der Waals surface area contributed by atoms with Crippen molar-refractivity contribution in [2.24, 2.45) is 0 Å². The summed E-state index contributed by atoms with van der Waals surface area (Å²) in [7, 11) is 0. The third-order valence-corrected chi connectivity index (χ3v) is 6.74. The van der Waals surface area contributed by atoms with E-state index in [1.165, 1.54) is 23.9 Å². The Hall–Kier alpha value is -2.54.